The van der Waals surface area contributed by atoms with Crippen molar-refractivity contribution in [2.45, 2.75) is 160 Å². The zero-order valence-corrected chi connectivity index (χ0v) is 26.6. The number of oxime groups is 1. The van der Waals surface area contributed by atoms with Crippen LogP contribution in [0.2, 0.25) is 0 Å². The normalized spacial score (nSPS) is 51.1. The van der Waals surface area contributed by atoms with Crippen LogP contribution in [-0.4, -0.2) is 67.8 Å². The molecule has 232 valence electrons. The van der Waals surface area contributed by atoms with E-state index in [2.05, 4.69) is 25.9 Å². The van der Waals surface area contributed by atoms with E-state index in [1.54, 1.807) is 0 Å². The molecule has 10 atom stereocenters. The summed E-state index contributed by atoms with van der Waals surface area (Å²) in [5, 5.41) is 37.5. The number of fused-ring (bicyclic) bond motifs is 6. The first-order valence-corrected chi connectivity index (χ1v) is 15.9. The minimum absolute atomic E-state index is 0.00784. The SMILES string of the molecule is CC(C)(O)CCC1OC(C)(C)OC1(C)C1CCC2(O)C3=CC(=NO)C4CC5OC(C)(C)OC5CC4(C)C3CCC12C. The van der Waals surface area contributed by atoms with E-state index in [0.29, 0.717) is 25.0 Å². The van der Waals surface area contributed by atoms with Gasteiger partial charge in [0.2, 0.25) is 0 Å². The van der Waals surface area contributed by atoms with Crippen LogP contribution < -0.4 is 0 Å². The quantitative estimate of drug-likeness (QED) is 0.291. The predicted octanol–water partition coefficient (Wildman–Crippen LogP) is 5.71. The summed E-state index contributed by atoms with van der Waals surface area (Å²) < 4.78 is 25.9. The maximum atomic E-state index is 12.9. The maximum absolute atomic E-state index is 12.9. The van der Waals surface area contributed by atoms with Crippen LogP contribution >= 0.6 is 0 Å². The van der Waals surface area contributed by atoms with E-state index < -0.39 is 33.8 Å². The van der Waals surface area contributed by atoms with Gasteiger partial charge in [0, 0.05) is 11.3 Å². The summed E-state index contributed by atoms with van der Waals surface area (Å²) in [6.45, 7) is 18.3. The molecule has 2 aliphatic heterocycles. The molecule has 2 heterocycles. The predicted molar refractivity (Wildman–Crippen MR) is 154 cm³/mol. The number of allylic oxidation sites excluding steroid dienone is 1. The van der Waals surface area contributed by atoms with Crippen LogP contribution in [0, 0.1) is 28.6 Å². The Labute approximate surface area is 245 Å². The van der Waals surface area contributed by atoms with Gasteiger partial charge in [0.15, 0.2) is 11.6 Å². The smallest absolute Gasteiger partial charge is 0.164 e. The van der Waals surface area contributed by atoms with Gasteiger partial charge in [-0.3, -0.25) is 0 Å². The molecule has 6 rings (SSSR count). The summed E-state index contributed by atoms with van der Waals surface area (Å²) in [4.78, 5) is 0. The van der Waals surface area contributed by atoms with E-state index in [1.807, 2.05) is 47.6 Å². The molecule has 10 unspecified atom stereocenters. The van der Waals surface area contributed by atoms with Crippen molar-refractivity contribution in [1.82, 2.24) is 0 Å². The average Bonchev–Trinajstić information content (AvgIpc) is 3.38. The first kappa shape index (κ1) is 30.0. The summed E-state index contributed by atoms with van der Waals surface area (Å²) in [5.74, 6) is -1.11. The van der Waals surface area contributed by atoms with Crippen LogP contribution in [0.5, 0.6) is 0 Å². The molecule has 0 aromatic rings. The Morgan fingerprint density at radius 2 is 1.61 bits per heavy atom. The van der Waals surface area contributed by atoms with E-state index >= 15 is 0 Å². The molecular weight excluding hydrogens is 522 g/mol. The highest BCUT2D eigenvalue weighted by Crippen LogP contribution is 2.70. The summed E-state index contributed by atoms with van der Waals surface area (Å²) in [6, 6.07) is 0. The Morgan fingerprint density at radius 1 is 0.927 bits per heavy atom. The van der Waals surface area contributed by atoms with Crippen LogP contribution in [0.15, 0.2) is 16.8 Å². The van der Waals surface area contributed by atoms with Gasteiger partial charge in [-0.2, -0.15) is 0 Å². The molecule has 8 nitrogen and oxygen atoms in total. The largest absolute Gasteiger partial charge is 0.411 e. The van der Waals surface area contributed by atoms with Crippen molar-refractivity contribution in [3.05, 3.63) is 11.6 Å². The molecule has 0 aromatic carbocycles. The van der Waals surface area contributed by atoms with Crippen molar-refractivity contribution >= 4 is 5.71 Å². The van der Waals surface area contributed by atoms with Crippen LogP contribution in [0.4, 0.5) is 0 Å². The molecule has 3 N–H and O–H groups in total. The van der Waals surface area contributed by atoms with Gasteiger partial charge in [-0.25, -0.2) is 0 Å². The topological polar surface area (TPSA) is 110 Å². The third kappa shape index (κ3) is 4.40. The molecule has 0 spiro atoms. The molecule has 0 aromatic heterocycles. The summed E-state index contributed by atoms with van der Waals surface area (Å²) in [6.07, 6.45) is 7.92. The third-order valence-electron chi connectivity index (χ3n) is 12.3. The maximum Gasteiger partial charge on any atom is 0.164 e. The Bertz CT molecular complexity index is 1140. The zero-order valence-electron chi connectivity index (χ0n) is 26.6. The molecular formula is C33H53NO7. The lowest BCUT2D eigenvalue weighted by Gasteiger charge is -2.61. The Hall–Kier alpha value is -1.03. The molecule has 0 amide bonds. The van der Waals surface area contributed by atoms with Crippen molar-refractivity contribution < 1.29 is 34.4 Å². The second kappa shape index (κ2) is 9.01. The second-order valence-corrected chi connectivity index (χ2v) is 16.4. The minimum atomic E-state index is -1.05. The van der Waals surface area contributed by atoms with Crippen molar-refractivity contribution in [1.29, 1.82) is 0 Å². The van der Waals surface area contributed by atoms with Gasteiger partial charge in [0.25, 0.3) is 0 Å². The lowest BCUT2D eigenvalue weighted by Crippen LogP contribution is -2.62. The summed E-state index contributed by atoms with van der Waals surface area (Å²) in [7, 11) is 0. The van der Waals surface area contributed by atoms with Gasteiger partial charge >= 0.3 is 0 Å². The standard InChI is InChI=1S/C33H53NO7/c1-27(2,35)13-12-26-32(9,41-29(5,6)40-26)25-11-15-33(36)20-16-22(34-37)21-17-23-24(39-28(3,4)38-23)18-30(21,7)19(20)10-14-31(25,33)8/h16,19,21,23-26,35-37H,10-15,17-18H2,1-9H3. The van der Waals surface area contributed by atoms with Crippen molar-refractivity contribution in [3.8, 4) is 0 Å². The number of rotatable bonds is 4. The van der Waals surface area contributed by atoms with Crippen molar-refractivity contribution in [2.24, 2.45) is 33.7 Å². The molecule has 41 heavy (non-hydrogen) atoms. The molecule has 5 fully saturated rings. The first-order chi connectivity index (χ1) is 18.8. The molecule has 0 bridgehead atoms. The number of hydrogen-bond acceptors (Lipinski definition) is 8. The average molecular weight is 576 g/mol. The number of hydrogen-bond donors (Lipinski definition) is 3. The Kier molecular flexibility index (Phi) is 6.60. The summed E-state index contributed by atoms with van der Waals surface area (Å²) in [5.41, 5.74) is -1.44. The molecule has 6 aliphatic rings. The van der Waals surface area contributed by atoms with Crippen LogP contribution in [0.25, 0.3) is 0 Å². The third-order valence-corrected chi connectivity index (χ3v) is 12.3. The van der Waals surface area contributed by atoms with Crippen LogP contribution in [-0.2, 0) is 18.9 Å². The van der Waals surface area contributed by atoms with Crippen molar-refractivity contribution in [3.63, 3.8) is 0 Å². The highest BCUT2D eigenvalue weighted by atomic mass is 16.8. The monoisotopic (exact) mass is 575 g/mol. The Balaban J connectivity index is 1.35. The lowest BCUT2D eigenvalue weighted by molar-refractivity contribution is -0.189. The fourth-order valence-corrected chi connectivity index (χ4v) is 10.6. The highest BCUT2D eigenvalue weighted by molar-refractivity contribution is 5.99. The van der Waals surface area contributed by atoms with E-state index in [9.17, 15) is 15.4 Å². The second-order valence-electron chi connectivity index (χ2n) is 16.4. The van der Waals surface area contributed by atoms with Gasteiger partial charge < -0.3 is 34.4 Å². The lowest BCUT2D eigenvalue weighted by atomic mass is 9.45. The van der Waals surface area contributed by atoms with E-state index in [-0.39, 0.29) is 41.5 Å². The van der Waals surface area contributed by atoms with Crippen LogP contribution in [0.3, 0.4) is 0 Å². The van der Waals surface area contributed by atoms with Gasteiger partial charge in [-0.05, 0) is 129 Å². The van der Waals surface area contributed by atoms with Gasteiger partial charge in [-0.1, -0.05) is 19.0 Å². The number of nitrogens with zero attached hydrogens (tertiary/aromatic N) is 1. The van der Waals surface area contributed by atoms with Gasteiger partial charge in [-0.15, -0.1) is 0 Å². The number of ether oxygens (including phenoxy) is 4. The van der Waals surface area contributed by atoms with Gasteiger partial charge in [0.05, 0.1) is 40.8 Å². The molecule has 4 aliphatic carbocycles. The molecule has 0 radical (unpaired) electrons. The zero-order chi connectivity index (χ0) is 30.0. The van der Waals surface area contributed by atoms with E-state index in [4.69, 9.17) is 18.9 Å². The number of aliphatic hydroxyl groups is 2. The van der Waals surface area contributed by atoms with Crippen LogP contribution in [0.1, 0.15) is 114 Å². The minimum Gasteiger partial charge on any atom is -0.411 e. The van der Waals surface area contributed by atoms with Gasteiger partial charge in [0.1, 0.15) is 0 Å². The molecule has 8 heteroatoms. The van der Waals surface area contributed by atoms with E-state index in [0.717, 1.165) is 37.7 Å². The first-order valence-electron chi connectivity index (χ1n) is 15.9. The fraction of sp³-hybridized carbons (Fsp3) is 0.909. The Morgan fingerprint density at radius 3 is 2.27 bits per heavy atom. The van der Waals surface area contributed by atoms with Crippen molar-refractivity contribution in [2.75, 3.05) is 0 Å². The molecule has 2 saturated heterocycles. The van der Waals surface area contributed by atoms with E-state index in [1.165, 1.54) is 0 Å². The summed E-state index contributed by atoms with van der Waals surface area (Å²) >= 11 is 0. The fourth-order valence-electron chi connectivity index (χ4n) is 10.6. The molecule has 3 saturated carbocycles. The highest BCUT2D eigenvalue weighted by Gasteiger charge is 2.71.